The minimum atomic E-state index is -3.65. The Morgan fingerprint density at radius 3 is 2.70 bits per heavy atom. The number of anilines is 1. The molecule has 1 aliphatic heterocycles. The Morgan fingerprint density at radius 2 is 1.96 bits per heavy atom. The number of para-hydroxylation sites is 1. The Morgan fingerprint density at radius 1 is 1.19 bits per heavy atom. The molecule has 7 heteroatoms. The van der Waals surface area contributed by atoms with Crippen LogP contribution in [0.5, 0.6) is 0 Å². The second-order valence-electron chi connectivity index (χ2n) is 6.79. The molecule has 0 bridgehead atoms. The smallest absolute Gasteiger partial charge is 0.262 e. The Kier molecular flexibility index (Phi) is 6.47. The fourth-order valence-electron chi connectivity index (χ4n) is 3.22. The lowest BCUT2D eigenvalue weighted by molar-refractivity contribution is 0.193. The topological polar surface area (TPSA) is 67.4 Å². The molecule has 27 heavy (non-hydrogen) atoms. The summed E-state index contributed by atoms with van der Waals surface area (Å²) < 4.78 is 34.0. The first-order valence-electron chi connectivity index (χ1n) is 9.07. The van der Waals surface area contributed by atoms with Crippen LogP contribution in [-0.2, 0) is 14.8 Å². The monoisotopic (exact) mass is 406 g/mol. The van der Waals surface area contributed by atoms with Crippen molar-refractivity contribution in [3.8, 4) is 0 Å². The highest BCUT2D eigenvalue weighted by Gasteiger charge is 2.31. The van der Waals surface area contributed by atoms with Gasteiger partial charge in [0.05, 0.1) is 16.6 Å². The fourth-order valence-corrected chi connectivity index (χ4v) is 5.54. The molecule has 1 atom stereocenters. The number of fused-ring (bicyclic) bond motifs is 2. The molecule has 0 fully saturated rings. The van der Waals surface area contributed by atoms with Crippen molar-refractivity contribution < 1.29 is 13.2 Å². The predicted molar refractivity (Wildman–Crippen MR) is 111 cm³/mol. The minimum absolute atomic E-state index is 0.198. The fraction of sp³-hybridized carbons (Fsp3) is 0.400. The maximum Gasteiger partial charge on any atom is 0.262 e. The van der Waals surface area contributed by atoms with E-state index in [0.29, 0.717) is 22.4 Å². The van der Waals surface area contributed by atoms with E-state index in [2.05, 4.69) is 23.9 Å². The quantitative estimate of drug-likeness (QED) is 0.537. The molecule has 1 aliphatic rings. The highest BCUT2D eigenvalue weighted by molar-refractivity contribution is 8.00. The van der Waals surface area contributed by atoms with Crippen LogP contribution >= 0.6 is 11.8 Å². The van der Waals surface area contributed by atoms with Crippen LogP contribution in [0, 0.1) is 0 Å². The van der Waals surface area contributed by atoms with Crippen molar-refractivity contribution in [2.45, 2.75) is 41.4 Å². The number of hydrogen-bond donors (Lipinski definition) is 2. The van der Waals surface area contributed by atoms with E-state index in [1.54, 1.807) is 24.9 Å². The number of methoxy groups -OCH3 is 1. The first-order valence-corrected chi connectivity index (χ1v) is 11.4. The molecule has 5 nitrogen and oxygen atoms in total. The Hall–Kier alpha value is -1.54. The van der Waals surface area contributed by atoms with Gasteiger partial charge in [-0.1, -0.05) is 38.1 Å². The molecule has 2 aromatic rings. The van der Waals surface area contributed by atoms with E-state index in [4.69, 9.17) is 4.74 Å². The minimum Gasteiger partial charge on any atom is -0.385 e. The van der Waals surface area contributed by atoms with Gasteiger partial charge in [-0.25, -0.2) is 8.42 Å². The van der Waals surface area contributed by atoms with Gasteiger partial charge < -0.3 is 10.1 Å². The van der Waals surface area contributed by atoms with Gasteiger partial charge in [-0.05, 0) is 42.3 Å². The summed E-state index contributed by atoms with van der Waals surface area (Å²) in [6, 6.07) is 13.1. The lowest BCUT2D eigenvalue weighted by Crippen LogP contribution is -2.25. The lowest BCUT2D eigenvalue weighted by atomic mass is 9.97. The molecule has 3 rings (SSSR count). The van der Waals surface area contributed by atoms with E-state index >= 15 is 0 Å². The van der Waals surface area contributed by atoms with Crippen molar-refractivity contribution in [3.05, 3.63) is 53.6 Å². The van der Waals surface area contributed by atoms with Gasteiger partial charge in [0, 0.05) is 23.9 Å². The molecule has 1 heterocycles. The summed E-state index contributed by atoms with van der Waals surface area (Å²) in [5.41, 5.74) is 2.33. The van der Waals surface area contributed by atoms with Gasteiger partial charge >= 0.3 is 0 Å². The number of hydrogen-bond acceptors (Lipinski definition) is 5. The molecule has 1 unspecified atom stereocenters. The second-order valence-corrected chi connectivity index (χ2v) is 10.1. The summed E-state index contributed by atoms with van der Waals surface area (Å²) in [5, 5.41) is 3.89. The van der Waals surface area contributed by atoms with Crippen LogP contribution in [-0.4, -0.2) is 33.9 Å². The van der Waals surface area contributed by atoms with Crippen molar-refractivity contribution in [3.63, 3.8) is 0 Å². The predicted octanol–water partition coefficient (Wildman–Crippen LogP) is 4.02. The van der Waals surface area contributed by atoms with Crippen LogP contribution in [0.25, 0.3) is 0 Å². The molecule has 0 aromatic heterocycles. The van der Waals surface area contributed by atoms with Crippen LogP contribution < -0.4 is 10.0 Å². The summed E-state index contributed by atoms with van der Waals surface area (Å²) in [7, 11) is -1.97. The third-order valence-electron chi connectivity index (χ3n) is 4.35. The molecule has 0 spiro atoms. The van der Waals surface area contributed by atoms with Crippen LogP contribution in [0.3, 0.4) is 0 Å². The molecule has 0 amide bonds. The van der Waals surface area contributed by atoms with Gasteiger partial charge in [0.2, 0.25) is 0 Å². The molecular weight excluding hydrogens is 380 g/mol. The highest BCUT2D eigenvalue weighted by atomic mass is 32.2. The van der Waals surface area contributed by atoms with E-state index in [1.807, 2.05) is 36.4 Å². The first-order chi connectivity index (χ1) is 12.9. The maximum absolute atomic E-state index is 13.0. The third kappa shape index (κ3) is 4.66. The summed E-state index contributed by atoms with van der Waals surface area (Å²) in [4.78, 5) is 1.30. The van der Waals surface area contributed by atoms with E-state index in [-0.39, 0.29) is 6.04 Å². The third-order valence-corrected chi connectivity index (χ3v) is 6.77. The van der Waals surface area contributed by atoms with Gasteiger partial charge in [-0.15, -0.1) is 11.8 Å². The zero-order valence-electron chi connectivity index (χ0n) is 15.9. The number of benzene rings is 2. The van der Waals surface area contributed by atoms with Gasteiger partial charge in [0.25, 0.3) is 10.0 Å². The number of sulfonamides is 1. The molecule has 0 radical (unpaired) electrons. The highest BCUT2D eigenvalue weighted by Crippen LogP contribution is 2.39. The Labute approximate surface area is 165 Å². The Balaban J connectivity index is 2.07. The van der Waals surface area contributed by atoms with E-state index in [0.717, 1.165) is 29.0 Å². The Bertz CT molecular complexity index is 898. The number of thioether (sulfide) groups is 1. The van der Waals surface area contributed by atoms with Gasteiger partial charge in [-0.2, -0.15) is 0 Å². The number of nitrogens with one attached hydrogen (secondary N) is 2. The van der Waals surface area contributed by atoms with Crippen LogP contribution in [0.4, 0.5) is 5.69 Å². The number of rotatable bonds is 7. The van der Waals surface area contributed by atoms with E-state index in [1.165, 1.54) is 0 Å². The average Bonchev–Trinajstić information content (AvgIpc) is 2.71. The van der Waals surface area contributed by atoms with Gasteiger partial charge in [-0.3, -0.25) is 4.72 Å². The van der Waals surface area contributed by atoms with Gasteiger partial charge in [0.15, 0.2) is 0 Å². The second kappa shape index (κ2) is 8.65. The van der Waals surface area contributed by atoms with Crippen molar-refractivity contribution in [2.75, 3.05) is 25.0 Å². The van der Waals surface area contributed by atoms with Crippen molar-refractivity contribution >= 4 is 27.5 Å². The largest absolute Gasteiger partial charge is 0.385 e. The lowest BCUT2D eigenvalue weighted by Gasteiger charge is -2.21. The van der Waals surface area contributed by atoms with E-state index in [9.17, 15) is 8.42 Å². The zero-order valence-corrected chi connectivity index (χ0v) is 17.5. The first kappa shape index (κ1) is 20.2. The average molecular weight is 407 g/mol. The molecule has 0 saturated carbocycles. The summed E-state index contributed by atoms with van der Waals surface area (Å²) in [5.74, 6) is 0. The normalized spacial score (nSPS) is 17.7. The SMILES string of the molecule is COCCCNC1c2ccccc2NS(=O)(=O)c2cc(SC(C)C)ccc21. The molecular formula is C20H26N2O3S2. The molecule has 2 N–H and O–H groups in total. The van der Waals surface area contributed by atoms with Crippen LogP contribution in [0.15, 0.2) is 52.3 Å². The van der Waals surface area contributed by atoms with Gasteiger partial charge in [0.1, 0.15) is 0 Å². The van der Waals surface area contributed by atoms with Crippen molar-refractivity contribution in [1.29, 1.82) is 0 Å². The summed E-state index contributed by atoms with van der Waals surface area (Å²) in [6.07, 6.45) is 0.853. The van der Waals surface area contributed by atoms with Crippen LogP contribution in [0.1, 0.15) is 37.4 Å². The molecule has 0 aliphatic carbocycles. The summed E-state index contributed by atoms with van der Waals surface area (Å²) in [6.45, 7) is 5.59. The number of ether oxygens (including phenoxy) is 1. The van der Waals surface area contributed by atoms with Crippen molar-refractivity contribution in [1.82, 2.24) is 5.32 Å². The molecule has 146 valence electrons. The summed E-state index contributed by atoms with van der Waals surface area (Å²) >= 11 is 1.66. The van der Waals surface area contributed by atoms with Crippen LogP contribution in [0.2, 0.25) is 0 Å². The molecule has 2 aromatic carbocycles. The maximum atomic E-state index is 13.0. The van der Waals surface area contributed by atoms with E-state index < -0.39 is 10.0 Å². The standard InChI is InChI=1S/C20H26N2O3S2/c1-14(2)26-15-9-10-17-19(13-15)27(23,24)22-18-8-5-4-7-16(18)20(17)21-11-6-12-25-3/h4-5,7-10,13-14,20-22H,6,11-12H2,1-3H3. The zero-order chi connectivity index (χ0) is 19.4. The molecule has 0 saturated heterocycles. The van der Waals surface area contributed by atoms with Crippen molar-refractivity contribution in [2.24, 2.45) is 0 Å².